The fourth-order valence-corrected chi connectivity index (χ4v) is 2.23. The fraction of sp³-hybridized carbons (Fsp3) is 0.111. The van der Waals surface area contributed by atoms with Gasteiger partial charge in [0.15, 0.2) is 0 Å². The molecule has 3 aromatic rings. The number of aryl methyl sites for hydroxylation is 2. The van der Waals surface area contributed by atoms with Gasteiger partial charge in [0.25, 0.3) is 0 Å². The Hall–Kier alpha value is -3.00. The first-order valence-electron chi connectivity index (χ1n) is 6.98. The lowest BCUT2D eigenvalue weighted by molar-refractivity contribution is 0.581. The molecule has 0 radical (unpaired) electrons. The normalized spacial score (nSPS) is 10.3. The molecule has 2 heterocycles. The van der Waals surface area contributed by atoms with E-state index < -0.39 is 11.6 Å². The number of aromatic nitrogens is 3. The van der Waals surface area contributed by atoms with Crippen LogP contribution in [0.4, 0.5) is 8.78 Å². The predicted octanol–water partition coefficient (Wildman–Crippen LogP) is 3.56. The molecule has 0 bridgehead atoms. The van der Waals surface area contributed by atoms with Crippen molar-refractivity contribution >= 4 is 0 Å². The van der Waals surface area contributed by atoms with E-state index in [0.29, 0.717) is 17.2 Å². The average Bonchev–Trinajstić information content (AvgIpc) is 2.85. The number of nitrogens with zero attached hydrogens (tertiary/aromatic N) is 3. The van der Waals surface area contributed by atoms with Gasteiger partial charge in [0.1, 0.15) is 23.2 Å². The maximum absolute atomic E-state index is 13.4. The molecule has 0 spiro atoms. The van der Waals surface area contributed by atoms with Crippen LogP contribution in [-0.2, 0) is 0 Å². The fourth-order valence-electron chi connectivity index (χ4n) is 2.23. The highest BCUT2D eigenvalue weighted by molar-refractivity contribution is 5.42. The third-order valence-electron chi connectivity index (χ3n) is 3.24. The number of rotatable bonds is 1. The first-order chi connectivity index (χ1) is 11.0. The number of halogens is 2. The third-order valence-corrected chi connectivity index (χ3v) is 3.24. The molecule has 0 amide bonds. The highest BCUT2D eigenvalue weighted by Gasteiger charge is 2.07. The van der Waals surface area contributed by atoms with Gasteiger partial charge in [-0.3, -0.25) is 4.98 Å². The van der Waals surface area contributed by atoms with Gasteiger partial charge in [-0.1, -0.05) is 5.92 Å². The quantitative estimate of drug-likeness (QED) is 0.644. The van der Waals surface area contributed by atoms with E-state index in [1.165, 1.54) is 12.1 Å². The molecule has 0 atom stereocenters. The van der Waals surface area contributed by atoms with Gasteiger partial charge in [-0.05, 0) is 44.0 Å². The van der Waals surface area contributed by atoms with Crippen molar-refractivity contribution in [3.63, 3.8) is 0 Å². The van der Waals surface area contributed by atoms with Crippen LogP contribution >= 0.6 is 0 Å². The zero-order valence-electron chi connectivity index (χ0n) is 12.6. The molecule has 0 fully saturated rings. The summed E-state index contributed by atoms with van der Waals surface area (Å²) in [6, 6.07) is 7.02. The molecule has 0 aliphatic carbocycles. The van der Waals surface area contributed by atoms with Crippen molar-refractivity contribution in [2.24, 2.45) is 0 Å². The Balaban J connectivity index is 1.96. The van der Waals surface area contributed by atoms with Crippen LogP contribution in [0.2, 0.25) is 0 Å². The SMILES string of the molecule is Cc1cc(C#Cc2cn(-c3cc(F)cc(F)c3)c(C)n2)ccn1. The lowest BCUT2D eigenvalue weighted by Gasteiger charge is -2.04. The lowest BCUT2D eigenvalue weighted by atomic mass is 10.2. The smallest absolute Gasteiger partial charge is 0.132 e. The molecule has 2 aromatic heterocycles. The maximum Gasteiger partial charge on any atom is 0.132 e. The zero-order chi connectivity index (χ0) is 16.4. The Morgan fingerprint density at radius 2 is 1.74 bits per heavy atom. The van der Waals surface area contributed by atoms with Gasteiger partial charge in [-0.15, -0.1) is 0 Å². The standard InChI is InChI=1S/C18H13F2N3/c1-12-7-14(5-6-21-12)3-4-17-11-23(13(2)22-17)18-9-15(19)8-16(20)10-18/h5-11H,1-2H3. The zero-order valence-corrected chi connectivity index (χ0v) is 12.6. The summed E-state index contributed by atoms with van der Waals surface area (Å²) in [7, 11) is 0. The minimum Gasteiger partial charge on any atom is -0.302 e. The summed E-state index contributed by atoms with van der Waals surface area (Å²) < 4.78 is 28.3. The van der Waals surface area contributed by atoms with E-state index in [4.69, 9.17) is 0 Å². The first kappa shape index (κ1) is 14.9. The summed E-state index contributed by atoms with van der Waals surface area (Å²) in [5.74, 6) is 5.29. The summed E-state index contributed by atoms with van der Waals surface area (Å²) in [4.78, 5) is 8.42. The van der Waals surface area contributed by atoms with Gasteiger partial charge in [0.2, 0.25) is 0 Å². The predicted molar refractivity (Wildman–Crippen MR) is 83.2 cm³/mol. The van der Waals surface area contributed by atoms with Crippen molar-refractivity contribution in [3.8, 4) is 17.5 Å². The lowest BCUT2D eigenvalue weighted by Crippen LogP contribution is -1.97. The molecule has 1 aromatic carbocycles. The van der Waals surface area contributed by atoms with Gasteiger partial charge in [0, 0.05) is 29.7 Å². The second-order valence-electron chi connectivity index (χ2n) is 5.11. The van der Waals surface area contributed by atoms with Crippen LogP contribution in [0, 0.1) is 37.3 Å². The summed E-state index contributed by atoms with van der Waals surface area (Å²) in [5, 5.41) is 0. The first-order valence-corrected chi connectivity index (χ1v) is 6.98. The van der Waals surface area contributed by atoms with E-state index in [9.17, 15) is 8.78 Å². The van der Waals surface area contributed by atoms with Crippen molar-refractivity contribution in [2.75, 3.05) is 0 Å². The molecule has 5 heteroatoms. The van der Waals surface area contributed by atoms with E-state index in [2.05, 4.69) is 21.8 Å². The molecule has 3 rings (SSSR count). The Kier molecular flexibility index (Phi) is 3.90. The van der Waals surface area contributed by atoms with Crippen LogP contribution < -0.4 is 0 Å². The number of imidazole rings is 1. The minimum absolute atomic E-state index is 0.375. The molecule has 0 saturated heterocycles. The number of hydrogen-bond donors (Lipinski definition) is 0. The van der Waals surface area contributed by atoms with Crippen LogP contribution in [0.5, 0.6) is 0 Å². The van der Waals surface area contributed by atoms with Crippen LogP contribution in [0.25, 0.3) is 5.69 Å². The Bertz CT molecular complexity index is 913. The molecular weight excluding hydrogens is 296 g/mol. The average molecular weight is 309 g/mol. The maximum atomic E-state index is 13.4. The molecule has 23 heavy (non-hydrogen) atoms. The molecule has 3 nitrogen and oxygen atoms in total. The number of pyridine rings is 1. The van der Waals surface area contributed by atoms with Gasteiger partial charge >= 0.3 is 0 Å². The van der Waals surface area contributed by atoms with Crippen molar-refractivity contribution in [3.05, 3.63) is 77.1 Å². The van der Waals surface area contributed by atoms with E-state index in [1.807, 2.05) is 19.1 Å². The van der Waals surface area contributed by atoms with Crippen molar-refractivity contribution in [1.82, 2.24) is 14.5 Å². The number of benzene rings is 1. The third kappa shape index (κ3) is 3.43. The molecule has 0 saturated carbocycles. The minimum atomic E-state index is -0.631. The van der Waals surface area contributed by atoms with Crippen molar-refractivity contribution < 1.29 is 8.78 Å². The second kappa shape index (κ2) is 6.01. The van der Waals surface area contributed by atoms with Gasteiger partial charge in [-0.25, -0.2) is 13.8 Å². The molecule has 114 valence electrons. The molecule has 0 aliphatic heterocycles. The van der Waals surface area contributed by atoms with E-state index >= 15 is 0 Å². The highest BCUT2D eigenvalue weighted by Crippen LogP contribution is 2.15. The summed E-state index contributed by atoms with van der Waals surface area (Å²) in [6.45, 7) is 3.65. The van der Waals surface area contributed by atoms with Crippen molar-refractivity contribution in [2.45, 2.75) is 13.8 Å². The van der Waals surface area contributed by atoms with E-state index in [1.54, 1.807) is 23.9 Å². The summed E-state index contributed by atoms with van der Waals surface area (Å²) >= 11 is 0. The molecule has 0 N–H and O–H groups in total. The molecule has 0 aliphatic rings. The van der Waals surface area contributed by atoms with Gasteiger partial charge < -0.3 is 4.57 Å². The van der Waals surface area contributed by atoms with Crippen LogP contribution in [0.3, 0.4) is 0 Å². The Morgan fingerprint density at radius 1 is 1.00 bits per heavy atom. The van der Waals surface area contributed by atoms with E-state index in [-0.39, 0.29) is 0 Å². The largest absolute Gasteiger partial charge is 0.302 e. The Labute approximate surface area is 132 Å². The monoisotopic (exact) mass is 309 g/mol. The van der Waals surface area contributed by atoms with Crippen LogP contribution in [0.15, 0.2) is 42.7 Å². The molecule has 0 unspecified atom stereocenters. The van der Waals surface area contributed by atoms with Crippen LogP contribution in [-0.4, -0.2) is 14.5 Å². The van der Waals surface area contributed by atoms with Gasteiger partial charge in [-0.2, -0.15) is 0 Å². The van der Waals surface area contributed by atoms with Crippen LogP contribution in [0.1, 0.15) is 22.8 Å². The molecular formula is C18H13F2N3. The number of hydrogen-bond acceptors (Lipinski definition) is 2. The highest BCUT2D eigenvalue weighted by atomic mass is 19.1. The van der Waals surface area contributed by atoms with Gasteiger partial charge in [0.05, 0.1) is 5.69 Å². The van der Waals surface area contributed by atoms with E-state index in [0.717, 1.165) is 17.3 Å². The Morgan fingerprint density at radius 3 is 2.43 bits per heavy atom. The second-order valence-corrected chi connectivity index (χ2v) is 5.11. The summed E-state index contributed by atoms with van der Waals surface area (Å²) in [6.07, 6.45) is 3.35. The van der Waals surface area contributed by atoms with Crippen molar-refractivity contribution in [1.29, 1.82) is 0 Å². The summed E-state index contributed by atoms with van der Waals surface area (Å²) in [5.41, 5.74) is 2.62. The topological polar surface area (TPSA) is 30.7 Å².